The van der Waals surface area contributed by atoms with Crippen LogP contribution in [0.25, 0.3) is 5.82 Å². The zero-order valence-corrected chi connectivity index (χ0v) is 14.9. The predicted molar refractivity (Wildman–Crippen MR) is 100 cm³/mol. The molecule has 1 aliphatic heterocycles. The summed E-state index contributed by atoms with van der Waals surface area (Å²) in [5.41, 5.74) is 1.92. The van der Waals surface area contributed by atoms with E-state index in [9.17, 15) is 5.11 Å². The fraction of sp³-hybridized carbons (Fsp3) is 0.350. The molecule has 0 radical (unpaired) electrons. The molecule has 2 aromatic heterocycles. The molecule has 2 atom stereocenters. The van der Waals surface area contributed by atoms with Crippen LogP contribution in [0, 0.1) is 6.92 Å². The molecule has 3 aromatic rings. The van der Waals surface area contributed by atoms with Crippen molar-refractivity contribution >= 4 is 5.82 Å². The molecule has 134 valence electrons. The molecule has 0 unspecified atom stereocenters. The van der Waals surface area contributed by atoms with Crippen LogP contribution in [-0.2, 0) is 0 Å². The van der Waals surface area contributed by atoms with E-state index in [-0.39, 0.29) is 6.04 Å². The first-order chi connectivity index (χ1) is 12.7. The lowest BCUT2D eigenvalue weighted by molar-refractivity contribution is 0.158. The highest BCUT2D eigenvalue weighted by Crippen LogP contribution is 2.30. The number of benzene rings is 1. The van der Waals surface area contributed by atoms with Crippen molar-refractivity contribution in [3.05, 3.63) is 66.0 Å². The third-order valence-corrected chi connectivity index (χ3v) is 4.94. The fourth-order valence-electron chi connectivity index (χ4n) is 3.59. The Morgan fingerprint density at radius 2 is 1.85 bits per heavy atom. The minimum absolute atomic E-state index is 0.275. The van der Waals surface area contributed by atoms with Crippen molar-refractivity contribution in [2.24, 2.45) is 0 Å². The number of aryl methyl sites for hydroxylation is 1. The van der Waals surface area contributed by atoms with Crippen LogP contribution in [0.4, 0.5) is 5.82 Å². The molecule has 0 amide bonds. The number of aromatic nitrogens is 4. The average Bonchev–Trinajstić information content (AvgIpc) is 3.31. The van der Waals surface area contributed by atoms with E-state index in [1.807, 2.05) is 61.7 Å². The van der Waals surface area contributed by atoms with Crippen molar-refractivity contribution in [2.45, 2.75) is 38.3 Å². The Balaban J connectivity index is 1.48. The summed E-state index contributed by atoms with van der Waals surface area (Å²) in [6, 6.07) is 16.0. The summed E-state index contributed by atoms with van der Waals surface area (Å²) >= 11 is 0. The van der Waals surface area contributed by atoms with Gasteiger partial charge in [0.25, 0.3) is 0 Å². The van der Waals surface area contributed by atoms with E-state index in [1.54, 1.807) is 4.68 Å². The van der Waals surface area contributed by atoms with Crippen LogP contribution >= 0.6 is 0 Å². The Morgan fingerprint density at radius 1 is 1.08 bits per heavy atom. The summed E-state index contributed by atoms with van der Waals surface area (Å²) < 4.78 is 1.73. The Morgan fingerprint density at radius 3 is 2.54 bits per heavy atom. The highest BCUT2D eigenvalue weighted by atomic mass is 16.3. The lowest BCUT2D eigenvalue weighted by Gasteiger charge is -2.27. The van der Waals surface area contributed by atoms with Crippen molar-refractivity contribution in [1.82, 2.24) is 20.0 Å². The summed E-state index contributed by atoms with van der Waals surface area (Å²) in [6.07, 6.45) is 4.29. The monoisotopic (exact) mass is 349 g/mol. The van der Waals surface area contributed by atoms with Crippen molar-refractivity contribution in [1.29, 1.82) is 0 Å². The van der Waals surface area contributed by atoms with E-state index in [0.29, 0.717) is 12.2 Å². The molecule has 0 saturated carbocycles. The lowest BCUT2D eigenvalue weighted by Crippen LogP contribution is -2.31. The molecule has 0 bridgehead atoms. The van der Waals surface area contributed by atoms with Gasteiger partial charge < -0.3 is 10.0 Å². The molecule has 6 nitrogen and oxygen atoms in total. The van der Waals surface area contributed by atoms with Crippen LogP contribution in [0.1, 0.15) is 36.6 Å². The van der Waals surface area contributed by atoms with Crippen molar-refractivity contribution in [3.63, 3.8) is 0 Å². The Bertz CT molecular complexity index is 846. The number of anilines is 1. The van der Waals surface area contributed by atoms with Crippen LogP contribution in [0.5, 0.6) is 0 Å². The molecule has 4 rings (SSSR count). The number of nitrogens with zero attached hydrogens (tertiary/aromatic N) is 5. The van der Waals surface area contributed by atoms with Crippen LogP contribution in [0.2, 0.25) is 0 Å². The predicted octanol–water partition coefficient (Wildman–Crippen LogP) is 3.06. The summed E-state index contributed by atoms with van der Waals surface area (Å²) in [5, 5.41) is 23.7. The zero-order valence-electron chi connectivity index (χ0n) is 14.9. The van der Waals surface area contributed by atoms with E-state index in [1.165, 1.54) is 0 Å². The normalized spacial score (nSPS) is 18.2. The molecular formula is C20H23N5O. The number of aliphatic hydroxyl groups is 1. The van der Waals surface area contributed by atoms with E-state index >= 15 is 0 Å². The summed E-state index contributed by atoms with van der Waals surface area (Å²) in [4.78, 5) is 2.26. The minimum Gasteiger partial charge on any atom is -0.388 e. The fourth-order valence-corrected chi connectivity index (χ4v) is 3.59. The summed E-state index contributed by atoms with van der Waals surface area (Å²) in [6.45, 7) is 2.90. The number of hydrogen-bond acceptors (Lipinski definition) is 5. The van der Waals surface area contributed by atoms with E-state index in [2.05, 4.69) is 20.2 Å². The highest BCUT2D eigenvalue weighted by molar-refractivity contribution is 5.42. The van der Waals surface area contributed by atoms with Gasteiger partial charge in [0.15, 0.2) is 11.6 Å². The largest absolute Gasteiger partial charge is 0.388 e. The molecule has 1 fully saturated rings. The van der Waals surface area contributed by atoms with Gasteiger partial charge in [-0.05, 0) is 49.9 Å². The quantitative estimate of drug-likeness (QED) is 0.767. The molecule has 1 aromatic carbocycles. The van der Waals surface area contributed by atoms with Gasteiger partial charge >= 0.3 is 0 Å². The van der Waals surface area contributed by atoms with Crippen molar-refractivity contribution < 1.29 is 5.11 Å². The van der Waals surface area contributed by atoms with Gasteiger partial charge in [0, 0.05) is 18.8 Å². The topological polar surface area (TPSA) is 67.1 Å². The Hall–Kier alpha value is -2.73. The molecule has 1 saturated heterocycles. The first-order valence-corrected chi connectivity index (χ1v) is 9.07. The number of aliphatic hydroxyl groups excluding tert-OH is 1. The maximum atomic E-state index is 10.6. The lowest BCUT2D eigenvalue weighted by atomic mass is 10.0. The van der Waals surface area contributed by atoms with Gasteiger partial charge in [0.1, 0.15) is 0 Å². The molecule has 0 spiro atoms. The van der Waals surface area contributed by atoms with Gasteiger partial charge in [-0.15, -0.1) is 10.2 Å². The zero-order chi connectivity index (χ0) is 17.9. The molecule has 6 heteroatoms. The van der Waals surface area contributed by atoms with Gasteiger partial charge in [0.05, 0.1) is 11.8 Å². The molecule has 1 aliphatic rings. The van der Waals surface area contributed by atoms with Crippen molar-refractivity contribution in [2.75, 3.05) is 11.4 Å². The SMILES string of the molecule is Cc1ccn(-c2ccc(N3CCC[C@H]3C[C@H](O)c3ccccc3)nn2)n1. The van der Waals surface area contributed by atoms with Gasteiger partial charge in [-0.1, -0.05) is 30.3 Å². The Labute approximate surface area is 153 Å². The van der Waals surface area contributed by atoms with E-state index < -0.39 is 6.10 Å². The Kier molecular flexibility index (Phi) is 4.67. The van der Waals surface area contributed by atoms with Crippen LogP contribution in [0.15, 0.2) is 54.7 Å². The second-order valence-corrected chi connectivity index (χ2v) is 6.80. The molecule has 0 aliphatic carbocycles. The van der Waals surface area contributed by atoms with Gasteiger partial charge in [0.2, 0.25) is 0 Å². The van der Waals surface area contributed by atoms with Gasteiger partial charge in [-0.25, -0.2) is 4.68 Å². The third-order valence-electron chi connectivity index (χ3n) is 4.94. The third kappa shape index (κ3) is 3.46. The molecular weight excluding hydrogens is 326 g/mol. The minimum atomic E-state index is -0.457. The summed E-state index contributed by atoms with van der Waals surface area (Å²) in [7, 11) is 0. The summed E-state index contributed by atoms with van der Waals surface area (Å²) in [5.74, 6) is 1.57. The number of rotatable bonds is 5. The highest BCUT2D eigenvalue weighted by Gasteiger charge is 2.28. The second-order valence-electron chi connectivity index (χ2n) is 6.80. The average molecular weight is 349 g/mol. The first kappa shape index (κ1) is 16.7. The maximum Gasteiger partial charge on any atom is 0.175 e. The number of hydrogen-bond donors (Lipinski definition) is 1. The molecule has 1 N–H and O–H groups in total. The molecule has 3 heterocycles. The molecule has 26 heavy (non-hydrogen) atoms. The van der Waals surface area contributed by atoms with Crippen LogP contribution in [0.3, 0.4) is 0 Å². The van der Waals surface area contributed by atoms with Crippen molar-refractivity contribution in [3.8, 4) is 5.82 Å². The van der Waals surface area contributed by atoms with Crippen LogP contribution < -0.4 is 4.90 Å². The van der Waals surface area contributed by atoms with E-state index in [0.717, 1.165) is 36.5 Å². The smallest absolute Gasteiger partial charge is 0.175 e. The van der Waals surface area contributed by atoms with Gasteiger partial charge in [-0.2, -0.15) is 5.10 Å². The van der Waals surface area contributed by atoms with Crippen LogP contribution in [-0.4, -0.2) is 37.7 Å². The van der Waals surface area contributed by atoms with Gasteiger partial charge in [-0.3, -0.25) is 0 Å². The maximum absolute atomic E-state index is 10.6. The van der Waals surface area contributed by atoms with E-state index in [4.69, 9.17) is 0 Å². The first-order valence-electron chi connectivity index (χ1n) is 9.07. The standard InChI is InChI=1S/C20H23N5O/c1-15-11-13-25(23-15)20-10-9-19(21-22-20)24-12-5-8-17(24)14-18(26)16-6-3-2-4-7-16/h2-4,6-7,9-11,13,17-18,26H,5,8,12,14H2,1H3/t17-,18-/m0/s1. The second kappa shape index (κ2) is 7.25.